The molecule has 0 aliphatic rings. The Balaban J connectivity index is 2.17. The Bertz CT molecular complexity index is 1380. The van der Waals surface area contributed by atoms with E-state index in [0.29, 0.717) is 35.5 Å². The van der Waals surface area contributed by atoms with Gasteiger partial charge in [0.05, 0.1) is 5.56 Å². The molecule has 0 bridgehead atoms. The number of halogens is 3. The zero-order chi connectivity index (χ0) is 30.5. The molecule has 0 saturated heterocycles. The molecule has 0 aliphatic carbocycles. The molecule has 1 aromatic carbocycles. The minimum atomic E-state index is -4.66. The van der Waals surface area contributed by atoms with Crippen LogP contribution in [0, 0.1) is 6.92 Å². The van der Waals surface area contributed by atoms with E-state index in [1.165, 1.54) is 24.4 Å². The van der Waals surface area contributed by atoms with Gasteiger partial charge in [0.15, 0.2) is 5.69 Å². The number of carbonyl (C=O) groups is 2. The lowest BCUT2D eigenvalue weighted by molar-refractivity contribution is -0.140. The SMILES string of the molecule is CCNC(=O)Nc1cc(-c2nc(C(F)(F)F)cs2)c(-c2cc(C(=O)O)cc(C)c2OCCN(C(C)C)C(C)C)cn1. The van der Waals surface area contributed by atoms with Crippen molar-refractivity contribution in [2.75, 3.05) is 25.0 Å². The van der Waals surface area contributed by atoms with Crippen LogP contribution in [-0.4, -0.2) is 63.8 Å². The summed E-state index contributed by atoms with van der Waals surface area (Å²) in [4.78, 5) is 34.4. The third-order valence-electron chi connectivity index (χ3n) is 6.24. The highest BCUT2D eigenvalue weighted by molar-refractivity contribution is 7.13. The van der Waals surface area contributed by atoms with Gasteiger partial charge in [-0.3, -0.25) is 10.2 Å². The molecular formula is C28H34F3N5O4S. The quantitative estimate of drug-likeness (QED) is 0.231. The summed E-state index contributed by atoms with van der Waals surface area (Å²) >= 11 is 0.774. The van der Waals surface area contributed by atoms with E-state index < -0.39 is 23.9 Å². The number of nitrogens with one attached hydrogen (secondary N) is 2. The maximum Gasteiger partial charge on any atom is 0.434 e. The standard InChI is InChI=1S/C28H34F3N5O4S/c1-7-32-27(39)35-23-12-20(25-34-22(14-41-25)28(29,30)31)21(13-33-23)19-11-18(26(37)38)10-17(6)24(19)40-9-8-36(15(2)3)16(4)5/h10-16H,7-9H2,1-6H3,(H,37,38)(H2,32,33,35,39). The number of aryl methyl sites for hydroxylation is 1. The van der Waals surface area contributed by atoms with Gasteiger partial charge in [-0.05, 0) is 65.3 Å². The van der Waals surface area contributed by atoms with Crippen molar-refractivity contribution in [2.24, 2.45) is 0 Å². The van der Waals surface area contributed by atoms with Crippen molar-refractivity contribution >= 4 is 29.2 Å². The van der Waals surface area contributed by atoms with Crippen LogP contribution in [-0.2, 0) is 6.18 Å². The van der Waals surface area contributed by atoms with E-state index in [4.69, 9.17) is 4.74 Å². The minimum Gasteiger partial charge on any atom is -0.491 e. The zero-order valence-corrected chi connectivity index (χ0v) is 24.5. The van der Waals surface area contributed by atoms with E-state index >= 15 is 0 Å². The number of carboxylic acid groups (broad SMARTS) is 1. The molecule has 222 valence electrons. The van der Waals surface area contributed by atoms with Crippen LogP contribution < -0.4 is 15.4 Å². The molecule has 0 radical (unpaired) electrons. The second-order valence-corrected chi connectivity index (χ2v) is 10.7. The fraction of sp³-hybridized carbons (Fsp3) is 0.429. The number of benzene rings is 1. The number of carbonyl (C=O) groups excluding carboxylic acids is 1. The maximum absolute atomic E-state index is 13.4. The van der Waals surface area contributed by atoms with Crippen LogP contribution in [0.15, 0.2) is 29.8 Å². The van der Waals surface area contributed by atoms with Crippen LogP contribution in [0.4, 0.5) is 23.8 Å². The van der Waals surface area contributed by atoms with Crippen LogP contribution in [0.25, 0.3) is 21.7 Å². The molecule has 41 heavy (non-hydrogen) atoms. The highest BCUT2D eigenvalue weighted by atomic mass is 32.1. The number of aromatic nitrogens is 2. The summed E-state index contributed by atoms with van der Waals surface area (Å²) in [7, 11) is 0. The molecule has 3 aromatic rings. The van der Waals surface area contributed by atoms with Gasteiger partial charge in [-0.15, -0.1) is 11.3 Å². The normalized spacial score (nSPS) is 11.8. The zero-order valence-electron chi connectivity index (χ0n) is 23.7. The number of pyridine rings is 1. The number of thiazole rings is 1. The summed E-state index contributed by atoms with van der Waals surface area (Å²) < 4.78 is 46.5. The van der Waals surface area contributed by atoms with Crippen molar-refractivity contribution in [3.8, 4) is 27.4 Å². The smallest absolute Gasteiger partial charge is 0.434 e. The second-order valence-electron chi connectivity index (χ2n) is 9.88. The van der Waals surface area contributed by atoms with Crippen molar-refractivity contribution in [1.82, 2.24) is 20.2 Å². The lowest BCUT2D eigenvalue weighted by atomic mass is 9.96. The Morgan fingerprint density at radius 2 is 1.78 bits per heavy atom. The van der Waals surface area contributed by atoms with Crippen molar-refractivity contribution in [3.05, 3.63) is 46.6 Å². The van der Waals surface area contributed by atoms with Crippen LogP contribution in [0.5, 0.6) is 5.75 Å². The molecule has 0 fully saturated rings. The van der Waals surface area contributed by atoms with Crippen molar-refractivity contribution in [2.45, 2.75) is 59.8 Å². The number of carboxylic acids is 1. The number of ether oxygens (including phenoxy) is 1. The Morgan fingerprint density at radius 1 is 1.10 bits per heavy atom. The topological polar surface area (TPSA) is 117 Å². The molecule has 0 spiro atoms. The van der Waals surface area contributed by atoms with Crippen LogP contribution in [0.3, 0.4) is 0 Å². The molecule has 0 aliphatic heterocycles. The second kappa shape index (κ2) is 13.3. The Morgan fingerprint density at radius 3 is 2.34 bits per heavy atom. The highest BCUT2D eigenvalue weighted by Crippen LogP contribution is 2.42. The molecule has 9 nitrogen and oxygen atoms in total. The van der Waals surface area contributed by atoms with Gasteiger partial charge in [-0.25, -0.2) is 19.6 Å². The molecule has 0 unspecified atom stereocenters. The monoisotopic (exact) mass is 593 g/mol. The van der Waals surface area contributed by atoms with Crippen LogP contribution in [0.2, 0.25) is 0 Å². The van der Waals surface area contributed by atoms with Gasteiger partial charge in [-0.2, -0.15) is 13.2 Å². The van der Waals surface area contributed by atoms with Gasteiger partial charge in [-0.1, -0.05) is 0 Å². The first kappa shape index (κ1) is 31.8. The third kappa shape index (κ3) is 7.94. The number of nitrogens with zero attached hydrogens (tertiary/aromatic N) is 3. The molecule has 2 aromatic heterocycles. The third-order valence-corrected chi connectivity index (χ3v) is 7.12. The number of amides is 2. The molecule has 2 heterocycles. The Labute approximate surface area is 240 Å². The van der Waals surface area contributed by atoms with Crippen LogP contribution in [0.1, 0.15) is 56.2 Å². The maximum atomic E-state index is 13.4. The first-order valence-corrected chi connectivity index (χ1v) is 14.0. The van der Waals surface area contributed by atoms with Gasteiger partial charge >= 0.3 is 18.2 Å². The number of rotatable bonds is 11. The molecule has 13 heteroatoms. The van der Waals surface area contributed by atoms with Gasteiger partial charge in [0, 0.05) is 53.4 Å². The largest absolute Gasteiger partial charge is 0.491 e. The summed E-state index contributed by atoms with van der Waals surface area (Å²) in [6.45, 7) is 13.0. The lowest BCUT2D eigenvalue weighted by Gasteiger charge is -2.30. The van der Waals surface area contributed by atoms with E-state index in [2.05, 4.69) is 53.2 Å². The van der Waals surface area contributed by atoms with Crippen molar-refractivity contribution in [1.29, 1.82) is 0 Å². The summed E-state index contributed by atoms with van der Waals surface area (Å²) in [5.41, 5.74) is 0.310. The summed E-state index contributed by atoms with van der Waals surface area (Å²) in [5, 5.41) is 15.8. The van der Waals surface area contributed by atoms with Gasteiger partial charge in [0.2, 0.25) is 0 Å². The predicted octanol–water partition coefficient (Wildman–Crippen LogP) is 6.54. The molecule has 2 amide bonds. The first-order chi connectivity index (χ1) is 19.2. The molecule has 0 saturated carbocycles. The fourth-order valence-electron chi connectivity index (χ4n) is 4.42. The van der Waals surface area contributed by atoms with E-state index in [9.17, 15) is 27.9 Å². The minimum absolute atomic E-state index is 0.0174. The summed E-state index contributed by atoms with van der Waals surface area (Å²) in [6.07, 6.45) is -3.29. The molecular weight excluding hydrogens is 559 g/mol. The fourth-order valence-corrected chi connectivity index (χ4v) is 5.28. The molecule has 3 rings (SSSR count). The molecule has 0 atom stereocenters. The number of hydrogen-bond acceptors (Lipinski definition) is 7. The van der Waals surface area contributed by atoms with E-state index in [0.717, 1.165) is 16.7 Å². The van der Waals surface area contributed by atoms with Gasteiger partial charge in [0.25, 0.3) is 0 Å². The van der Waals surface area contributed by atoms with Gasteiger partial charge < -0.3 is 15.2 Å². The highest BCUT2D eigenvalue weighted by Gasteiger charge is 2.34. The van der Waals surface area contributed by atoms with Gasteiger partial charge in [0.1, 0.15) is 23.2 Å². The Hall–Kier alpha value is -3.71. The number of alkyl halides is 3. The predicted molar refractivity (Wildman–Crippen MR) is 153 cm³/mol. The van der Waals surface area contributed by atoms with Crippen molar-refractivity contribution in [3.63, 3.8) is 0 Å². The summed E-state index contributed by atoms with van der Waals surface area (Å²) in [6, 6.07) is 4.29. The van der Waals surface area contributed by atoms with E-state index in [-0.39, 0.29) is 40.6 Å². The van der Waals surface area contributed by atoms with E-state index in [1.54, 1.807) is 13.8 Å². The molecule has 3 N–H and O–H groups in total. The van der Waals surface area contributed by atoms with E-state index in [1.807, 2.05) is 0 Å². The van der Waals surface area contributed by atoms with Crippen LogP contribution >= 0.6 is 11.3 Å². The summed E-state index contributed by atoms with van der Waals surface area (Å²) in [5.74, 6) is -0.719. The average Bonchev–Trinajstić information content (AvgIpc) is 3.38. The lowest BCUT2D eigenvalue weighted by Crippen LogP contribution is -2.39. The Kier molecular flexibility index (Phi) is 10.3. The number of anilines is 1. The average molecular weight is 594 g/mol. The number of hydrogen-bond donors (Lipinski definition) is 3. The first-order valence-electron chi connectivity index (χ1n) is 13.1. The number of aromatic carboxylic acids is 1. The van der Waals surface area contributed by atoms with Crippen molar-refractivity contribution < 1.29 is 32.6 Å². The number of urea groups is 1.